The Kier molecular flexibility index (Phi) is 4.55. The van der Waals surface area contributed by atoms with E-state index in [1.54, 1.807) is 24.3 Å². The van der Waals surface area contributed by atoms with Crippen molar-refractivity contribution in [2.45, 2.75) is 0 Å². The average Bonchev–Trinajstić information content (AvgIpc) is 3.34. The maximum Gasteiger partial charge on any atom is 0.257 e. The molecule has 9 heteroatoms. The summed E-state index contributed by atoms with van der Waals surface area (Å²) in [5.74, 6) is -0.219. The standard InChI is InChI=1S/C17H11BrN6OS/c18-13-3-1-2-12(8-13)15-9-26-17(20-15)21-16(25)11-4-6-14(7-5-11)24-10-19-22-23-24/h1-10H,(H,20,21,25). The van der Waals surface area contributed by atoms with Gasteiger partial charge in [0.05, 0.1) is 11.4 Å². The van der Waals surface area contributed by atoms with E-state index in [1.807, 2.05) is 29.6 Å². The highest BCUT2D eigenvalue weighted by Gasteiger charge is 2.11. The molecule has 4 aromatic rings. The summed E-state index contributed by atoms with van der Waals surface area (Å²) in [7, 11) is 0. The Labute approximate surface area is 160 Å². The number of aromatic nitrogens is 5. The van der Waals surface area contributed by atoms with E-state index in [1.165, 1.54) is 22.3 Å². The highest BCUT2D eigenvalue weighted by Crippen LogP contribution is 2.27. The quantitative estimate of drug-likeness (QED) is 0.536. The molecule has 0 saturated heterocycles. The summed E-state index contributed by atoms with van der Waals surface area (Å²) in [6.45, 7) is 0. The topological polar surface area (TPSA) is 85.6 Å². The second kappa shape index (κ2) is 7.14. The predicted octanol–water partition coefficient (Wildman–Crippen LogP) is 3.80. The van der Waals surface area contributed by atoms with Gasteiger partial charge in [0.25, 0.3) is 5.91 Å². The third-order valence-electron chi connectivity index (χ3n) is 3.59. The van der Waals surface area contributed by atoms with Gasteiger partial charge in [0.15, 0.2) is 5.13 Å². The molecule has 7 nitrogen and oxygen atoms in total. The fourth-order valence-corrected chi connectivity index (χ4v) is 3.44. The van der Waals surface area contributed by atoms with Crippen molar-refractivity contribution in [3.63, 3.8) is 0 Å². The van der Waals surface area contributed by atoms with Crippen molar-refractivity contribution in [1.29, 1.82) is 0 Å². The van der Waals surface area contributed by atoms with Crippen LogP contribution in [-0.4, -0.2) is 31.1 Å². The number of amides is 1. The minimum absolute atomic E-state index is 0.219. The van der Waals surface area contributed by atoms with Crippen LogP contribution in [0.2, 0.25) is 0 Å². The van der Waals surface area contributed by atoms with Crippen LogP contribution in [0, 0.1) is 0 Å². The normalized spacial score (nSPS) is 10.7. The Morgan fingerprint density at radius 1 is 1.15 bits per heavy atom. The van der Waals surface area contributed by atoms with Gasteiger partial charge in [0.2, 0.25) is 0 Å². The van der Waals surface area contributed by atoms with Crippen LogP contribution >= 0.6 is 27.3 Å². The highest BCUT2D eigenvalue weighted by atomic mass is 79.9. The molecule has 0 radical (unpaired) electrons. The van der Waals surface area contributed by atoms with Crippen LogP contribution in [0.15, 0.2) is 64.7 Å². The zero-order valence-corrected chi connectivity index (χ0v) is 15.6. The van der Waals surface area contributed by atoms with Crippen LogP contribution in [0.25, 0.3) is 16.9 Å². The van der Waals surface area contributed by atoms with Crippen LogP contribution in [0.5, 0.6) is 0 Å². The van der Waals surface area contributed by atoms with Gasteiger partial charge in [-0.05, 0) is 46.8 Å². The Balaban J connectivity index is 1.48. The fraction of sp³-hybridized carbons (Fsp3) is 0. The Morgan fingerprint density at radius 3 is 2.73 bits per heavy atom. The smallest absolute Gasteiger partial charge is 0.257 e. The van der Waals surface area contributed by atoms with Gasteiger partial charge in [0.1, 0.15) is 6.33 Å². The van der Waals surface area contributed by atoms with E-state index < -0.39 is 0 Å². The van der Waals surface area contributed by atoms with Crippen LogP contribution in [0.4, 0.5) is 5.13 Å². The van der Waals surface area contributed by atoms with Crippen molar-refractivity contribution in [3.8, 4) is 16.9 Å². The Hall–Kier alpha value is -2.91. The zero-order valence-electron chi connectivity index (χ0n) is 13.2. The SMILES string of the molecule is O=C(Nc1nc(-c2cccc(Br)c2)cs1)c1ccc(-n2cnnn2)cc1. The minimum Gasteiger partial charge on any atom is -0.298 e. The molecule has 0 aliphatic rings. The Bertz CT molecular complexity index is 1050. The molecule has 1 amide bonds. The van der Waals surface area contributed by atoms with E-state index in [9.17, 15) is 4.79 Å². The fourth-order valence-electron chi connectivity index (χ4n) is 2.33. The average molecular weight is 427 g/mol. The molecule has 26 heavy (non-hydrogen) atoms. The predicted molar refractivity (Wildman–Crippen MR) is 102 cm³/mol. The number of hydrogen-bond donors (Lipinski definition) is 1. The lowest BCUT2D eigenvalue weighted by molar-refractivity contribution is 0.102. The molecular weight excluding hydrogens is 416 g/mol. The lowest BCUT2D eigenvalue weighted by Crippen LogP contribution is -2.11. The third-order valence-corrected chi connectivity index (χ3v) is 4.84. The first-order chi connectivity index (χ1) is 12.7. The molecular formula is C17H11BrN6OS. The second-order valence-electron chi connectivity index (χ2n) is 5.30. The largest absolute Gasteiger partial charge is 0.298 e. The molecule has 1 N–H and O–H groups in total. The Morgan fingerprint density at radius 2 is 2.00 bits per heavy atom. The summed E-state index contributed by atoms with van der Waals surface area (Å²) in [5.41, 5.74) is 3.11. The molecule has 0 aliphatic carbocycles. The van der Waals surface area contributed by atoms with Crippen molar-refractivity contribution in [1.82, 2.24) is 25.2 Å². The first-order valence-corrected chi connectivity index (χ1v) is 9.22. The molecule has 2 aromatic heterocycles. The first-order valence-electron chi connectivity index (χ1n) is 7.55. The molecule has 0 spiro atoms. The molecule has 0 fully saturated rings. The number of benzene rings is 2. The number of carbonyl (C=O) groups is 1. The molecule has 2 heterocycles. The summed E-state index contributed by atoms with van der Waals surface area (Å²) in [6, 6.07) is 14.9. The second-order valence-corrected chi connectivity index (χ2v) is 7.08. The number of anilines is 1. The van der Waals surface area contributed by atoms with Gasteiger partial charge in [0, 0.05) is 21.0 Å². The van der Waals surface area contributed by atoms with E-state index in [-0.39, 0.29) is 5.91 Å². The number of carbonyl (C=O) groups excluding carboxylic acids is 1. The molecule has 0 aliphatic heterocycles. The van der Waals surface area contributed by atoms with E-state index in [4.69, 9.17) is 0 Å². The lowest BCUT2D eigenvalue weighted by atomic mass is 10.2. The van der Waals surface area contributed by atoms with Gasteiger partial charge in [-0.3, -0.25) is 10.1 Å². The maximum absolute atomic E-state index is 12.4. The number of nitrogens with zero attached hydrogens (tertiary/aromatic N) is 5. The number of rotatable bonds is 4. The summed E-state index contributed by atoms with van der Waals surface area (Å²) >= 11 is 4.83. The summed E-state index contributed by atoms with van der Waals surface area (Å²) in [5, 5.41) is 16.3. The maximum atomic E-state index is 12.4. The summed E-state index contributed by atoms with van der Waals surface area (Å²) < 4.78 is 2.50. The molecule has 128 valence electrons. The van der Waals surface area contributed by atoms with Crippen molar-refractivity contribution < 1.29 is 4.79 Å². The zero-order chi connectivity index (χ0) is 17.9. The van der Waals surface area contributed by atoms with Crippen LogP contribution < -0.4 is 5.32 Å². The molecule has 0 saturated carbocycles. The third kappa shape index (κ3) is 3.53. The van der Waals surface area contributed by atoms with Gasteiger partial charge in [-0.1, -0.05) is 28.1 Å². The molecule has 0 bridgehead atoms. The number of tetrazole rings is 1. The monoisotopic (exact) mass is 426 g/mol. The van der Waals surface area contributed by atoms with E-state index in [0.717, 1.165) is 21.4 Å². The summed E-state index contributed by atoms with van der Waals surface area (Å²) in [6.07, 6.45) is 1.49. The number of nitrogens with one attached hydrogen (secondary N) is 1. The molecule has 0 atom stereocenters. The lowest BCUT2D eigenvalue weighted by Gasteiger charge is -2.03. The van der Waals surface area contributed by atoms with Gasteiger partial charge >= 0.3 is 0 Å². The minimum atomic E-state index is -0.219. The van der Waals surface area contributed by atoms with Gasteiger partial charge in [-0.25, -0.2) is 9.67 Å². The van der Waals surface area contributed by atoms with Crippen molar-refractivity contribution in [3.05, 3.63) is 70.3 Å². The van der Waals surface area contributed by atoms with Crippen LogP contribution in [-0.2, 0) is 0 Å². The van der Waals surface area contributed by atoms with E-state index in [2.05, 4.69) is 41.8 Å². The molecule has 4 rings (SSSR count). The highest BCUT2D eigenvalue weighted by molar-refractivity contribution is 9.10. The number of thiazole rings is 1. The van der Waals surface area contributed by atoms with Gasteiger partial charge < -0.3 is 0 Å². The first kappa shape index (κ1) is 16.6. The van der Waals surface area contributed by atoms with E-state index >= 15 is 0 Å². The summed E-state index contributed by atoms with van der Waals surface area (Å²) in [4.78, 5) is 16.9. The van der Waals surface area contributed by atoms with Crippen molar-refractivity contribution >= 4 is 38.3 Å². The van der Waals surface area contributed by atoms with Crippen LogP contribution in [0.3, 0.4) is 0 Å². The molecule has 2 aromatic carbocycles. The van der Waals surface area contributed by atoms with Crippen molar-refractivity contribution in [2.24, 2.45) is 0 Å². The van der Waals surface area contributed by atoms with Crippen molar-refractivity contribution in [2.75, 3.05) is 5.32 Å². The number of halogens is 1. The van der Waals surface area contributed by atoms with Gasteiger partial charge in [-0.15, -0.1) is 16.4 Å². The van der Waals surface area contributed by atoms with Crippen LogP contribution in [0.1, 0.15) is 10.4 Å². The van der Waals surface area contributed by atoms with Gasteiger partial charge in [-0.2, -0.15) is 0 Å². The molecule has 0 unspecified atom stereocenters. The number of hydrogen-bond acceptors (Lipinski definition) is 6. The van der Waals surface area contributed by atoms with E-state index in [0.29, 0.717) is 10.7 Å².